The number of nitrogens with one attached hydrogen (secondary N) is 1. The van der Waals surface area contributed by atoms with E-state index in [-0.39, 0.29) is 0 Å². The molecular weight excluding hydrogens is 186 g/mol. The lowest BCUT2D eigenvalue weighted by atomic mass is 10.2. The molecule has 3 nitrogen and oxygen atoms in total. The molecule has 0 saturated heterocycles. The van der Waals surface area contributed by atoms with Gasteiger partial charge in [0.05, 0.1) is 5.69 Å². The minimum Gasteiger partial charge on any atom is -0.329 e. The maximum Gasteiger partial charge on any atom is 0.129 e. The van der Waals surface area contributed by atoms with Crippen LogP contribution in [0.1, 0.15) is 11.3 Å². The van der Waals surface area contributed by atoms with Crippen LogP contribution < -0.4 is 11.1 Å². The summed E-state index contributed by atoms with van der Waals surface area (Å²) in [5.74, 6) is 0. The molecule has 72 valence electrons. The molecule has 0 atom stereocenters. The summed E-state index contributed by atoms with van der Waals surface area (Å²) in [7, 11) is 0. The molecule has 0 radical (unpaired) electrons. The van der Waals surface area contributed by atoms with Gasteiger partial charge in [0.2, 0.25) is 0 Å². The minimum absolute atomic E-state index is 0.546. The van der Waals surface area contributed by atoms with Gasteiger partial charge in [-0.15, -0.1) is 0 Å². The molecule has 1 heterocycles. The van der Waals surface area contributed by atoms with Crippen LogP contribution in [0.5, 0.6) is 0 Å². The van der Waals surface area contributed by atoms with Crippen LogP contribution in [0.4, 0.5) is 0 Å². The van der Waals surface area contributed by atoms with Crippen molar-refractivity contribution in [3.8, 4) is 0 Å². The van der Waals surface area contributed by atoms with Gasteiger partial charge in [-0.1, -0.05) is 11.6 Å². The van der Waals surface area contributed by atoms with Gasteiger partial charge in [0, 0.05) is 19.6 Å². The summed E-state index contributed by atoms with van der Waals surface area (Å²) in [4.78, 5) is 4.17. The number of nitrogens with two attached hydrogens (primary N) is 1. The van der Waals surface area contributed by atoms with Gasteiger partial charge in [0.25, 0.3) is 0 Å². The fourth-order valence-electron chi connectivity index (χ4n) is 1.10. The van der Waals surface area contributed by atoms with E-state index in [1.807, 2.05) is 19.1 Å². The van der Waals surface area contributed by atoms with Gasteiger partial charge in [0.15, 0.2) is 0 Å². The molecule has 0 bridgehead atoms. The van der Waals surface area contributed by atoms with Gasteiger partial charge in [0.1, 0.15) is 5.15 Å². The highest BCUT2D eigenvalue weighted by Gasteiger charge is 1.97. The fraction of sp³-hybridized carbons (Fsp3) is 0.444. The van der Waals surface area contributed by atoms with Crippen molar-refractivity contribution in [3.05, 3.63) is 28.5 Å². The number of aryl methyl sites for hydroxylation is 1. The Kier molecular flexibility index (Phi) is 4.15. The largest absolute Gasteiger partial charge is 0.329 e. The number of nitrogens with zero attached hydrogens (tertiary/aromatic N) is 1. The quantitative estimate of drug-likeness (QED) is 0.564. The minimum atomic E-state index is 0.546. The van der Waals surface area contributed by atoms with E-state index >= 15 is 0 Å². The van der Waals surface area contributed by atoms with Crippen molar-refractivity contribution in [2.45, 2.75) is 13.5 Å². The Balaban J connectivity index is 2.56. The molecule has 4 heteroatoms. The first-order chi connectivity index (χ1) is 6.22. The molecule has 1 aromatic rings. The summed E-state index contributed by atoms with van der Waals surface area (Å²) in [5, 5.41) is 3.71. The summed E-state index contributed by atoms with van der Waals surface area (Å²) in [6.45, 7) is 4.16. The number of hydrogen-bond donors (Lipinski definition) is 2. The molecule has 0 aliphatic carbocycles. The zero-order valence-electron chi connectivity index (χ0n) is 7.68. The van der Waals surface area contributed by atoms with E-state index in [2.05, 4.69) is 10.3 Å². The topological polar surface area (TPSA) is 50.9 Å². The van der Waals surface area contributed by atoms with Crippen LogP contribution in [0.25, 0.3) is 0 Å². The number of aromatic nitrogens is 1. The zero-order chi connectivity index (χ0) is 9.68. The average Bonchev–Trinajstić information content (AvgIpc) is 2.03. The molecule has 0 saturated carbocycles. The molecule has 0 unspecified atom stereocenters. The van der Waals surface area contributed by atoms with E-state index in [0.29, 0.717) is 11.7 Å². The van der Waals surface area contributed by atoms with Crippen molar-refractivity contribution >= 4 is 11.6 Å². The summed E-state index contributed by atoms with van der Waals surface area (Å²) in [5.41, 5.74) is 7.43. The van der Waals surface area contributed by atoms with Crippen molar-refractivity contribution in [1.29, 1.82) is 0 Å². The highest BCUT2D eigenvalue weighted by Crippen LogP contribution is 2.09. The molecule has 0 spiro atoms. The molecular formula is C9H14ClN3. The van der Waals surface area contributed by atoms with E-state index in [1.165, 1.54) is 0 Å². The van der Waals surface area contributed by atoms with Crippen molar-refractivity contribution in [1.82, 2.24) is 10.3 Å². The maximum atomic E-state index is 5.80. The predicted molar refractivity (Wildman–Crippen MR) is 54.7 cm³/mol. The molecule has 3 N–H and O–H groups in total. The first-order valence-corrected chi connectivity index (χ1v) is 4.64. The van der Waals surface area contributed by atoms with E-state index in [9.17, 15) is 0 Å². The molecule has 0 fully saturated rings. The van der Waals surface area contributed by atoms with E-state index in [4.69, 9.17) is 17.3 Å². The second-order valence-electron chi connectivity index (χ2n) is 2.92. The lowest BCUT2D eigenvalue weighted by Gasteiger charge is -2.03. The van der Waals surface area contributed by atoms with Gasteiger partial charge in [-0.25, -0.2) is 4.98 Å². The lowest BCUT2D eigenvalue weighted by Crippen LogP contribution is -2.22. The third kappa shape index (κ3) is 3.72. The summed E-state index contributed by atoms with van der Waals surface area (Å²) in [6.07, 6.45) is 0. The average molecular weight is 200 g/mol. The molecule has 1 aromatic heterocycles. The van der Waals surface area contributed by atoms with Crippen LogP contribution in [0, 0.1) is 6.92 Å². The van der Waals surface area contributed by atoms with E-state index < -0.39 is 0 Å². The van der Waals surface area contributed by atoms with Crippen molar-refractivity contribution in [3.63, 3.8) is 0 Å². The lowest BCUT2D eigenvalue weighted by molar-refractivity contribution is 0.682. The number of pyridine rings is 1. The van der Waals surface area contributed by atoms with Gasteiger partial charge < -0.3 is 11.1 Å². The van der Waals surface area contributed by atoms with Crippen molar-refractivity contribution < 1.29 is 0 Å². The predicted octanol–water partition coefficient (Wildman–Crippen LogP) is 1.09. The first-order valence-electron chi connectivity index (χ1n) is 4.26. The van der Waals surface area contributed by atoms with E-state index in [1.54, 1.807) is 0 Å². The Labute approximate surface area is 83.3 Å². The van der Waals surface area contributed by atoms with Crippen LogP contribution in [0.15, 0.2) is 12.1 Å². The zero-order valence-corrected chi connectivity index (χ0v) is 8.43. The van der Waals surface area contributed by atoms with Crippen molar-refractivity contribution in [2.75, 3.05) is 13.1 Å². The molecule has 1 rings (SSSR count). The van der Waals surface area contributed by atoms with Gasteiger partial charge >= 0.3 is 0 Å². The highest BCUT2D eigenvalue weighted by molar-refractivity contribution is 6.29. The van der Waals surface area contributed by atoms with Crippen LogP contribution >= 0.6 is 11.6 Å². The van der Waals surface area contributed by atoms with Gasteiger partial charge in [-0.3, -0.25) is 0 Å². The van der Waals surface area contributed by atoms with E-state index in [0.717, 1.165) is 24.3 Å². The van der Waals surface area contributed by atoms with Crippen LogP contribution in [0.3, 0.4) is 0 Å². The smallest absolute Gasteiger partial charge is 0.129 e. The Bertz CT molecular complexity index is 255. The molecule has 0 aliphatic rings. The monoisotopic (exact) mass is 199 g/mol. The molecule has 0 aromatic carbocycles. The highest BCUT2D eigenvalue weighted by atomic mass is 35.5. The standard InChI is InChI=1S/C9H14ClN3/c1-7-4-8(6-12-3-2-11)13-9(10)5-7/h4-5,12H,2-3,6,11H2,1H3. The molecule has 0 aliphatic heterocycles. The van der Waals surface area contributed by atoms with Gasteiger partial charge in [-0.05, 0) is 24.6 Å². The fourth-order valence-corrected chi connectivity index (χ4v) is 1.38. The SMILES string of the molecule is Cc1cc(Cl)nc(CNCCN)c1. The first kappa shape index (κ1) is 10.4. The van der Waals surface area contributed by atoms with Gasteiger partial charge in [-0.2, -0.15) is 0 Å². The van der Waals surface area contributed by atoms with Crippen molar-refractivity contribution in [2.24, 2.45) is 5.73 Å². The Hall–Kier alpha value is -0.640. The number of hydrogen-bond acceptors (Lipinski definition) is 3. The second-order valence-corrected chi connectivity index (χ2v) is 3.31. The maximum absolute atomic E-state index is 5.80. The summed E-state index contributed by atoms with van der Waals surface area (Å²) in [6, 6.07) is 3.85. The Morgan fingerprint density at radius 2 is 2.31 bits per heavy atom. The second kappa shape index (κ2) is 5.17. The summed E-state index contributed by atoms with van der Waals surface area (Å²) < 4.78 is 0. The number of rotatable bonds is 4. The normalized spacial score (nSPS) is 10.4. The third-order valence-corrected chi connectivity index (χ3v) is 1.81. The molecule has 13 heavy (non-hydrogen) atoms. The van der Waals surface area contributed by atoms with Crippen LogP contribution in [-0.4, -0.2) is 18.1 Å². The summed E-state index contributed by atoms with van der Waals surface area (Å²) >= 11 is 5.80. The molecule has 0 amide bonds. The Morgan fingerprint density at radius 3 is 2.92 bits per heavy atom. The van der Waals surface area contributed by atoms with Crippen LogP contribution in [-0.2, 0) is 6.54 Å². The number of halogens is 1. The third-order valence-electron chi connectivity index (χ3n) is 1.62. The van der Waals surface area contributed by atoms with Crippen LogP contribution in [0.2, 0.25) is 5.15 Å². The Morgan fingerprint density at radius 1 is 1.54 bits per heavy atom.